The molecule has 0 bridgehead atoms. The number of nitrogens with one attached hydrogen (secondary N) is 2. The van der Waals surface area contributed by atoms with E-state index in [9.17, 15) is 9.18 Å². The maximum Gasteiger partial charge on any atom is 0.238 e. The van der Waals surface area contributed by atoms with Crippen LogP contribution in [-0.4, -0.2) is 45.9 Å². The maximum absolute atomic E-state index is 13.0. The molecule has 0 atom stereocenters. The van der Waals surface area contributed by atoms with Crippen molar-refractivity contribution in [1.82, 2.24) is 20.3 Å². The van der Waals surface area contributed by atoms with Gasteiger partial charge in [-0.1, -0.05) is 24.3 Å². The van der Waals surface area contributed by atoms with Gasteiger partial charge in [-0.25, -0.2) is 4.39 Å². The average Bonchev–Trinajstić information content (AvgIpc) is 3.27. The van der Waals surface area contributed by atoms with E-state index in [1.807, 2.05) is 36.4 Å². The van der Waals surface area contributed by atoms with E-state index in [4.69, 9.17) is 0 Å². The fourth-order valence-electron chi connectivity index (χ4n) is 3.77. The van der Waals surface area contributed by atoms with E-state index in [1.54, 1.807) is 6.20 Å². The second kappa shape index (κ2) is 8.96. The summed E-state index contributed by atoms with van der Waals surface area (Å²) in [6, 6.07) is 14.3. The highest BCUT2D eigenvalue weighted by atomic mass is 19.1. The Kier molecular flexibility index (Phi) is 5.95. The highest BCUT2D eigenvalue weighted by Crippen LogP contribution is 2.22. The van der Waals surface area contributed by atoms with Crippen molar-refractivity contribution in [2.24, 2.45) is 5.92 Å². The second-order valence-electron chi connectivity index (χ2n) is 7.53. The number of amides is 1. The summed E-state index contributed by atoms with van der Waals surface area (Å²) in [5, 5.41) is 13.4. The fraction of sp³-hybridized carbons (Fsp3) is 0.318. The van der Waals surface area contributed by atoms with Crippen LogP contribution in [0.15, 0.2) is 54.7 Å². The maximum atomic E-state index is 13.0. The molecule has 6 nitrogen and oxygen atoms in total. The van der Waals surface area contributed by atoms with E-state index < -0.39 is 0 Å². The molecule has 7 heteroatoms. The number of carbonyl (C=O) groups is 1. The summed E-state index contributed by atoms with van der Waals surface area (Å²) in [5.41, 5.74) is 3.66. The molecule has 0 radical (unpaired) electrons. The lowest BCUT2D eigenvalue weighted by Gasteiger charge is -2.31. The molecule has 150 valence electrons. The van der Waals surface area contributed by atoms with Crippen molar-refractivity contribution >= 4 is 11.6 Å². The van der Waals surface area contributed by atoms with E-state index >= 15 is 0 Å². The topological polar surface area (TPSA) is 73.9 Å². The Morgan fingerprint density at radius 1 is 1.10 bits per heavy atom. The Labute approximate surface area is 169 Å². The summed E-state index contributed by atoms with van der Waals surface area (Å²) >= 11 is 0. The summed E-state index contributed by atoms with van der Waals surface area (Å²) in [6.45, 7) is 2.21. The van der Waals surface area contributed by atoms with Gasteiger partial charge in [-0.15, -0.1) is 0 Å². The molecule has 3 aromatic rings. The highest BCUT2D eigenvalue weighted by Gasteiger charge is 2.21. The highest BCUT2D eigenvalue weighted by molar-refractivity contribution is 5.92. The molecular formula is C22H24FN5O. The number of carbonyl (C=O) groups excluding carboxylic acids is 1. The van der Waals surface area contributed by atoms with Crippen molar-refractivity contribution in [1.29, 1.82) is 0 Å². The summed E-state index contributed by atoms with van der Waals surface area (Å²) < 4.78 is 13.0. The molecule has 0 saturated carbocycles. The average molecular weight is 393 g/mol. The smallest absolute Gasteiger partial charge is 0.238 e. The van der Waals surface area contributed by atoms with Crippen LogP contribution in [0.3, 0.4) is 0 Å². The van der Waals surface area contributed by atoms with Gasteiger partial charge in [0.05, 0.1) is 12.7 Å². The molecule has 1 aliphatic heterocycles. The molecule has 1 amide bonds. The monoisotopic (exact) mass is 393 g/mol. The van der Waals surface area contributed by atoms with Crippen molar-refractivity contribution in [3.63, 3.8) is 0 Å². The summed E-state index contributed by atoms with van der Waals surface area (Å²) in [7, 11) is 0. The standard InChI is InChI=1S/C22H24FN5O/c23-19-5-1-16(2-6-19)13-17-9-11-28(12-10-17)15-22(29)25-20-7-3-18(4-8-20)21-14-24-27-26-21/h1-8,14,17H,9-13,15H2,(H,25,29)(H,24,26,27). The zero-order valence-corrected chi connectivity index (χ0v) is 16.1. The van der Waals surface area contributed by atoms with Gasteiger partial charge in [-0.3, -0.25) is 9.69 Å². The van der Waals surface area contributed by atoms with Gasteiger partial charge in [0.1, 0.15) is 11.5 Å². The molecule has 0 spiro atoms. The fourth-order valence-corrected chi connectivity index (χ4v) is 3.77. The Balaban J connectivity index is 1.22. The van der Waals surface area contributed by atoms with Crippen LogP contribution in [0.1, 0.15) is 18.4 Å². The van der Waals surface area contributed by atoms with Crippen molar-refractivity contribution in [3.05, 3.63) is 66.1 Å². The van der Waals surface area contributed by atoms with Crippen LogP contribution in [0.4, 0.5) is 10.1 Å². The molecule has 1 aliphatic rings. The third-order valence-corrected chi connectivity index (χ3v) is 5.39. The number of aromatic nitrogens is 3. The van der Waals surface area contributed by atoms with E-state index in [0.717, 1.165) is 49.3 Å². The Morgan fingerprint density at radius 2 is 1.83 bits per heavy atom. The number of halogens is 1. The summed E-state index contributed by atoms with van der Waals surface area (Å²) in [4.78, 5) is 14.6. The molecule has 1 fully saturated rings. The number of likely N-dealkylation sites (tertiary alicyclic amines) is 1. The van der Waals surface area contributed by atoms with Gasteiger partial charge in [0.25, 0.3) is 0 Å². The number of anilines is 1. The van der Waals surface area contributed by atoms with Gasteiger partial charge < -0.3 is 5.32 Å². The number of piperidine rings is 1. The molecule has 2 aromatic carbocycles. The Morgan fingerprint density at radius 3 is 2.48 bits per heavy atom. The van der Waals surface area contributed by atoms with Gasteiger partial charge in [0.15, 0.2) is 0 Å². The molecular weight excluding hydrogens is 369 g/mol. The number of aromatic amines is 1. The second-order valence-corrected chi connectivity index (χ2v) is 7.53. The van der Waals surface area contributed by atoms with Crippen molar-refractivity contribution in [2.75, 3.05) is 25.0 Å². The van der Waals surface area contributed by atoms with Crippen LogP contribution in [-0.2, 0) is 11.2 Å². The van der Waals surface area contributed by atoms with Crippen molar-refractivity contribution in [3.8, 4) is 11.3 Å². The largest absolute Gasteiger partial charge is 0.325 e. The van der Waals surface area contributed by atoms with Crippen molar-refractivity contribution < 1.29 is 9.18 Å². The lowest BCUT2D eigenvalue weighted by Crippen LogP contribution is -2.39. The number of rotatable bonds is 6. The van der Waals surface area contributed by atoms with Crippen molar-refractivity contribution in [2.45, 2.75) is 19.3 Å². The molecule has 2 heterocycles. The Bertz CT molecular complexity index is 917. The van der Waals surface area contributed by atoms with Crippen LogP contribution in [0.5, 0.6) is 0 Å². The first-order valence-corrected chi connectivity index (χ1v) is 9.88. The molecule has 29 heavy (non-hydrogen) atoms. The van der Waals surface area contributed by atoms with E-state index in [-0.39, 0.29) is 11.7 Å². The lowest BCUT2D eigenvalue weighted by molar-refractivity contribution is -0.117. The quantitative estimate of drug-likeness (QED) is 0.672. The summed E-state index contributed by atoms with van der Waals surface area (Å²) in [6.07, 6.45) is 4.74. The number of hydrogen-bond donors (Lipinski definition) is 2. The van der Waals surface area contributed by atoms with E-state index in [1.165, 1.54) is 17.7 Å². The first kappa shape index (κ1) is 19.3. The van der Waals surface area contributed by atoms with Crippen LogP contribution in [0.25, 0.3) is 11.3 Å². The van der Waals surface area contributed by atoms with Gasteiger partial charge >= 0.3 is 0 Å². The van der Waals surface area contributed by atoms with Crippen LogP contribution in [0.2, 0.25) is 0 Å². The first-order valence-electron chi connectivity index (χ1n) is 9.88. The minimum atomic E-state index is -0.192. The van der Waals surface area contributed by atoms with Gasteiger partial charge in [-0.2, -0.15) is 15.4 Å². The molecule has 1 aromatic heterocycles. The van der Waals surface area contributed by atoms with Gasteiger partial charge in [0, 0.05) is 11.3 Å². The molecule has 1 saturated heterocycles. The lowest BCUT2D eigenvalue weighted by atomic mass is 9.90. The summed E-state index contributed by atoms with van der Waals surface area (Å²) in [5.74, 6) is 0.391. The van der Waals surface area contributed by atoms with E-state index in [2.05, 4.69) is 25.6 Å². The Hall–Kier alpha value is -3.06. The van der Waals surface area contributed by atoms with Gasteiger partial charge in [-0.05, 0) is 68.1 Å². The van der Waals surface area contributed by atoms with Crippen LogP contribution in [0, 0.1) is 11.7 Å². The SMILES string of the molecule is O=C(CN1CCC(Cc2ccc(F)cc2)CC1)Nc1ccc(-c2cn[nH]n2)cc1. The van der Waals surface area contributed by atoms with E-state index in [0.29, 0.717) is 12.5 Å². The third-order valence-electron chi connectivity index (χ3n) is 5.39. The third kappa shape index (κ3) is 5.26. The van der Waals surface area contributed by atoms with Crippen LogP contribution >= 0.6 is 0 Å². The molecule has 0 unspecified atom stereocenters. The predicted octanol–water partition coefficient (Wildman–Crippen LogP) is 3.50. The number of hydrogen-bond acceptors (Lipinski definition) is 4. The number of H-pyrrole nitrogens is 1. The first-order chi connectivity index (χ1) is 14.2. The minimum Gasteiger partial charge on any atom is -0.325 e. The zero-order chi connectivity index (χ0) is 20.1. The number of nitrogens with zero attached hydrogens (tertiary/aromatic N) is 3. The molecule has 0 aliphatic carbocycles. The van der Waals surface area contributed by atoms with Gasteiger partial charge in [0.2, 0.25) is 5.91 Å². The van der Waals surface area contributed by atoms with Crippen LogP contribution < -0.4 is 5.32 Å². The molecule has 2 N–H and O–H groups in total. The number of benzene rings is 2. The normalized spacial score (nSPS) is 15.3. The molecule has 4 rings (SSSR count). The minimum absolute atomic E-state index is 0.00355. The zero-order valence-electron chi connectivity index (χ0n) is 16.1. The predicted molar refractivity (Wildman–Crippen MR) is 110 cm³/mol.